The number of hydrogen-bond acceptors (Lipinski definition) is 3. The Morgan fingerprint density at radius 1 is 1.11 bits per heavy atom. The van der Waals surface area contributed by atoms with E-state index in [-0.39, 0.29) is 5.91 Å². The number of para-hydroxylation sites is 1. The summed E-state index contributed by atoms with van der Waals surface area (Å²) >= 11 is 4.38. The van der Waals surface area contributed by atoms with Crippen molar-refractivity contribution >= 4 is 24.2 Å². The molecule has 0 aliphatic carbocycles. The van der Waals surface area contributed by atoms with E-state index in [1.807, 2.05) is 36.4 Å². The lowest BCUT2D eigenvalue weighted by Gasteiger charge is -2.11. The number of rotatable bonds is 3. The van der Waals surface area contributed by atoms with Gasteiger partial charge in [-0.15, -0.1) is 12.6 Å². The molecular formula is C14H13NO2S. The molecule has 0 aliphatic rings. The number of anilines is 1. The van der Waals surface area contributed by atoms with Crippen LogP contribution in [0.2, 0.25) is 0 Å². The number of amides is 1. The van der Waals surface area contributed by atoms with E-state index in [4.69, 9.17) is 4.74 Å². The zero-order valence-corrected chi connectivity index (χ0v) is 10.8. The average Bonchev–Trinajstić information content (AvgIpc) is 2.35. The van der Waals surface area contributed by atoms with Crippen LogP contribution in [0.25, 0.3) is 0 Å². The third kappa shape index (κ3) is 3.05. The lowest BCUT2D eigenvalue weighted by atomic mass is 10.3. The highest BCUT2D eigenvalue weighted by Gasteiger charge is 2.07. The van der Waals surface area contributed by atoms with Crippen LogP contribution in [-0.4, -0.2) is 5.91 Å². The molecule has 18 heavy (non-hydrogen) atoms. The number of ether oxygens (including phenoxy) is 1. The van der Waals surface area contributed by atoms with Gasteiger partial charge < -0.3 is 10.1 Å². The monoisotopic (exact) mass is 259 g/mol. The maximum absolute atomic E-state index is 11.0. The molecule has 2 aromatic carbocycles. The molecule has 92 valence electrons. The van der Waals surface area contributed by atoms with Crippen molar-refractivity contribution in [3.63, 3.8) is 0 Å². The molecule has 0 fully saturated rings. The summed E-state index contributed by atoms with van der Waals surface area (Å²) in [5, 5.41) is 2.70. The molecule has 0 heterocycles. The Hall–Kier alpha value is -1.94. The van der Waals surface area contributed by atoms with Crippen LogP contribution in [0.3, 0.4) is 0 Å². The van der Waals surface area contributed by atoms with Gasteiger partial charge in [-0.1, -0.05) is 24.3 Å². The first-order valence-electron chi connectivity index (χ1n) is 5.49. The fraction of sp³-hybridized carbons (Fsp3) is 0.0714. The molecule has 2 aromatic rings. The molecule has 2 rings (SSSR count). The molecule has 0 saturated carbocycles. The molecule has 1 amide bonds. The van der Waals surface area contributed by atoms with Gasteiger partial charge >= 0.3 is 0 Å². The maximum atomic E-state index is 11.0. The summed E-state index contributed by atoms with van der Waals surface area (Å²) in [6, 6.07) is 14.8. The van der Waals surface area contributed by atoms with Crippen molar-refractivity contribution in [1.82, 2.24) is 0 Å². The minimum absolute atomic E-state index is 0.137. The third-order valence-corrected chi connectivity index (χ3v) is 2.74. The minimum Gasteiger partial charge on any atom is -0.456 e. The van der Waals surface area contributed by atoms with E-state index in [9.17, 15) is 4.79 Å². The van der Waals surface area contributed by atoms with Crippen LogP contribution >= 0.6 is 12.6 Å². The highest BCUT2D eigenvalue weighted by atomic mass is 32.1. The van der Waals surface area contributed by atoms with E-state index in [1.165, 1.54) is 6.92 Å². The standard InChI is InChI=1S/C14H13NO2S/c1-10(16)15-12-8-5-9-13(14(12)18)17-11-6-3-2-4-7-11/h2-9,18H,1H3,(H,15,16). The number of thiol groups is 1. The van der Waals surface area contributed by atoms with E-state index in [2.05, 4.69) is 17.9 Å². The van der Waals surface area contributed by atoms with Crippen molar-refractivity contribution in [1.29, 1.82) is 0 Å². The number of benzene rings is 2. The molecular weight excluding hydrogens is 246 g/mol. The van der Waals surface area contributed by atoms with E-state index in [1.54, 1.807) is 12.1 Å². The summed E-state index contributed by atoms with van der Waals surface area (Å²) in [6.07, 6.45) is 0. The smallest absolute Gasteiger partial charge is 0.221 e. The number of carbonyl (C=O) groups excluding carboxylic acids is 1. The largest absolute Gasteiger partial charge is 0.456 e. The zero-order chi connectivity index (χ0) is 13.0. The van der Waals surface area contributed by atoms with Gasteiger partial charge in [0.1, 0.15) is 11.5 Å². The molecule has 0 spiro atoms. The highest BCUT2D eigenvalue weighted by molar-refractivity contribution is 7.80. The van der Waals surface area contributed by atoms with Gasteiger partial charge in [-0.3, -0.25) is 4.79 Å². The van der Waals surface area contributed by atoms with E-state index < -0.39 is 0 Å². The number of nitrogens with one attached hydrogen (secondary N) is 1. The minimum atomic E-state index is -0.137. The van der Waals surface area contributed by atoms with Crippen LogP contribution in [-0.2, 0) is 4.79 Å². The van der Waals surface area contributed by atoms with Gasteiger partial charge in [-0.05, 0) is 24.3 Å². The van der Waals surface area contributed by atoms with Gasteiger partial charge in [0.2, 0.25) is 5.91 Å². The van der Waals surface area contributed by atoms with Crippen LogP contribution in [0, 0.1) is 0 Å². The zero-order valence-electron chi connectivity index (χ0n) is 9.88. The quantitative estimate of drug-likeness (QED) is 0.824. The summed E-state index contributed by atoms with van der Waals surface area (Å²) < 4.78 is 5.70. The SMILES string of the molecule is CC(=O)Nc1cccc(Oc2ccccc2)c1S. The van der Waals surface area contributed by atoms with Crippen molar-refractivity contribution in [2.24, 2.45) is 0 Å². The van der Waals surface area contributed by atoms with Crippen molar-refractivity contribution in [2.75, 3.05) is 5.32 Å². The molecule has 1 N–H and O–H groups in total. The molecule has 0 bridgehead atoms. The van der Waals surface area contributed by atoms with Crippen LogP contribution in [0.15, 0.2) is 53.4 Å². The first kappa shape index (κ1) is 12.5. The lowest BCUT2D eigenvalue weighted by Crippen LogP contribution is -2.06. The fourth-order valence-electron chi connectivity index (χ4n) is 1.51. The maximum Gasteiger partial charge on any atom is 0.221 e. The van der Waals surface area contributed by atoms with Crippen molar-refractivity contribution in [3.8, 4) is 11.5 Å². The van der Waals surface area contributed by atoms with Gasteiger partial charge in [0, 0.05) is 6.92 Å². The predicted molar refractivity (Wildman–Crippen MR) is 74.5 cm³/mol. The number of hydrogen-bond donors (Lipinski definition) is 2. The molecule has 0 radical (unpaired) electrons. The Balaban J connectivity index is 2.26. The average molecular weight is 259 g/mol. The van der Waals surface area contributed by atoms with E-state index in [0.29, 0.717) is 16.3 Å². The predicted octanol–water partition coefficient (Wildman–Crippen LogP) is 3.73. The Morgan fingerprint density at radius 3 is 2.50 bits per heavy atom. The summed E-state index contributed by atoms with van der Waals surface area (Å²) in [4.78, 5) is 11.7. The Bertz CT molecular complexity index is 555. The van der Waals surface area contributed by atoms with Crippen molar-refractivity contribution in [2.45, 2.75) is 11.8 Å². The second kappa shape index (κ2) is 5.60. The topological polar surface area (TPSA) is 38.3 Å². The fourth-order valence-corrected chi connectivity index (χ4v) is 1.76. The van der Waals surface area contributed by atoms with Gasteiger partial charge in [-0.25, -0.2) is 0 Å². The molecule has 0 aromatic heterocycles. The summed E-state index contributed by atoms with van der Waals surface area (Å²) in [6.45, 7) is 1.46. The van der Waals surface area contributed by atoms with Gasteiger partial charge in [-0.2, -0.15) is 0 Å². The molecule has 3 nitrogen and oxygen atoms in total. The second-order valence-electron chi connectivity index (χ2n) is 3.75. The molecule has 0 saturated heterocycles. The molecule has 4 heteroatoms. The van der Waals surface area contributed by atoms with Crippen LogP contribution < -0.4 is 10.1 Å². The summed E-state index contributed by atoms with van der Waals surface area (Å²) in [7, 11) is 0. The summed E-state index contributed by atoms with van der Waals surface area (Å²) in [5.74, 6) is 1.20. The van der Waals surface area contributed by atoms with Gasteiger partial charge in [0.25, 0.3) is 0 Å². The molecule has 0 atom stereocenters. The second-order valence-corrected chi connectivity index (χ2v) is 4.20. The van der Waals surface area contributed by atoms with Crippen LogP contribution in [0.1, 0.15) is 6.92 Å². The van der Waals surface area contributed by atoms with Gasteiger partial charge in [0.05, 0.1) is 10.6 Å². The number of carbonyl (C=O) groups is 1. The van der Waals surface area contributed by atoms with Crippen LogP contribution in [0.4, 0.5) is 5.69 Å². The van der Waals surface area contributed by atoms with Gasteiger partial charge in [0.15, 0.2) is 0 Å². The molecule has 0 unspecified atom stereocenters. The first-order chi connectivity index (χ1) is 8.66. The van der Waals surface area contributed by atoms with Crippen molar-refractivity contribution < 1.29 is 9.53 Å². The molecule has 0 aliphatic heterocycles. The normalized spacial score (nSPS) is 9.89. The highest BCUT2D eigenvalue weighted by Crippen LogP contribution is 2.33. The Morgan fingerprint density at radius 2 is 1.83 bits per heavy atom. The Kier molecular flexibility index (Phi) is 3.89. The van der Waals surface area contributed by atoms with E-state index >= 15 is 0 Å². The lowest BCUT2D eigenvalue weighted by molar-refractivity contribution is -0.114. The first-order valence-corrected chi connectivity index (χ1v) is 5.94. The Labute approximate surface area is 111 Å². The third-order valence-electron chi connectivity index (χ3n) is 2.28. The van der Waals surface area contributed by atoms with Crippen molar-refractivity contribution in [3.05, 3.63) is 48.5 Å². The van der Waals surface area contributed by atoms with Crippen LogP contribution in [0.5, 0.6) is 11.5 Å². The summed E-state index contributed by atoms with van der Waals surface area (Å²) in [5.41, 5.74) is 0.638. The van der Waals surface area contributed by atoms with E-state index in [0.717, 1.165) is 5.75 Å².